The van der Waals surface area contributed by atoms with Crippen LogP contribution in [0.1, 0.15) is 25.2 Å². The lowest BCUT2D eigenvalue weighted by Crippen LogP contribution is -2.07. The van der Waals surface area contributed by atoms with Gasteiger partial charge in [0.2, 0.25) is 11.1 Å². The van der Waals surface area contributed by atoms with Gasteiger partial charge in [-0.1, -0.05) is 0 Å². The van der Waals surface area contributed by atoms with Crippen molar-refractivity contribution < 1.29 is 4.74 Å². The third-order valence-corrected chi connectivity index (χ3v) is 3.08. The van der Waals surface area contributed by atoms with Crippen molar-refractivity contribution in [1.29, 1.82) is 0 Å². The zero-order valence-corrected chi connectivity index (χ0v) is 13.4. The van der Waals surface area contributed by atoms with Crippen molar-refractivity contribution in [3.05, 3.63) is 17.5 Å². The minimum absolute atomic E-state index is 0.301. The van der Waals surface area contributed by atoms with Crippen molar-refractivity contribution in [3.63, 3.8) is 0 Å². The molecule has 0 fully saturated rings. The van der Waals surface area contributed by atoms with Gasteiger partial charge in [0.05, 0.1) is 6.61 Å². The number of aryl methyl sites for hydroxylation is 2. The van der Waals surface area contributed by atoms with Crippen LogP contribution in [0.4, 0.5) is 5.95 Å². The molecule has 0 aliphatic heterocycles. The lowest BCUT2D eigenvalue weighted by Gasteiger charge is -2.07. The maximum absolute atomic E-state index is 5.36. The molecule has 1 N–H and O–H groups in total. The Kier molecular flexibility index (Phi) is 5.26. The number of hydrogen-bond donors (Lipinski definition) is 1. The van der Waals surface area contributed by atoms with Gasteiger partial charge in [0, 0.05) is 17.9 Å². The van der Waals surface area contributed by atoms with Crippen molar-refractivity contribution in [2.24, 2.45) is 0 Å². The largest absolute Gasteiger partial charge is 0.464 e. The highest BCUT2D eigenvalue weighted by molar-refractivity contribution is 7.99. The van der Waals surface area contributed by atoms with Crippen LogP contribution in [0, 0.1) is 13.8 Å². The average molecular weight is 306 g/mol. The van der Waals surface area contributed by atoms with E-state index in [1.165, 1.54) is 11.8 Å². The van der Waals surface area contributed by atoms with Crippen LogP contribution in [0.15, 0.2) is 16.4 Å². The third-order valence-electron chi connectivity index (χ3n) is 2.35. The summed E-state index contributed by atoms with van der Waals surface area (Å²) in [6, 6.07) is 2.22. The van der Waals surface area contributed by atoms with E-state index in [-0.39, 0.29) is 0 Å². The van der Waals surface area contributed by atoms with Gasteiger partial charge >= 0.3 is 6.01 Å². The van der Waals surface area contributed by atoms with E-state index in [4.69, 9.17) is 4.74 Å². The normalized spacial score (nSPS) is 10.5. The number of aromatic nitrogens is 5. The number of nitrogens with one attached hydrogen (secondary N) is 1. The fraction of sp³-hybridized carbons (Fsp3) is 0.462. The highest BCUT2D eigenvalue weighted by Crippen LogP contribution is 2.23. The van der Waals surface area contributed by atoms with Gasteiger partial charge in [-0.05, 0) is 45.5 Å². The molecule has 2 rings (SSSR count). The summed E-state index contributed by atoms with van der Waals surface area (Å²) < 4.78 is 5.36. The van der Waals surface area contributed by atoms with Crippen LogP contribution >= 0.6 is 11.8 Å². The van der Waals surface area contributed by atoms with E-state index >= 15 is 0 Å². The van der Waals surface area contributed by atoms with Gasteiger partial charge in [-0.15, -0.1) is 0 Å². The van der Waals surface area contributed by atoms with Gasteiger partial charge in [0.25, 0.3) is 0 Å². The molecule has 0 aliphatic rings. The number of anilines is 1. The highest BCUT2D eigenvalue weighted by Gasteiger charge is 2.10. The molecule has 0 saturated heterocycles. The van der Waals surface area contributed by atoms with E-state index < -0.39 is 0 Å². The molecule has 2 aromatic heterocycles. The predicted octanol–water partition coefficient (Wildman–Crippen LogP) is 2.26. The fourth-order valence-corrected chi connectivity index (χ4v) is 2.43. The van der Waals surface area contributed by atoms with Crippen LogP contribution in [0.5, 0.6) is 6.01 Å². The first-order chi connectivity index (χ1) is 10.1. The average Bonchev–Trinajstić information content (AvgIpc) is 2.37. The molecule has 0 bridgehead atoms. The second-order valence-corrected chi connectivity index (χ2v) is 5.16. The molecular formula is C13H18N6OS. The van der Waals surface area contributed by atoms with Crippen LogP contribution in [-0.4, -0.2) is 38.1 Å². The summed E-state index contributed by atoms with van der Waals surface area (Å²) in [5.74, 6) is 0.489. The van der Waals surface area contributed by atoms with Crippen molar-refractivity contribution >= 4 is 17.7 Å². The second kappa shape index (κ2) is 7.16. The lowest BCUT2D eigenvalue weighted by atomic mass is 10.4. The lowest BCUT2D eigenvalue weighted by molar-refractivity contribution is 0.308. The van der Waals surface area contributed by atoms with Crippen LogP contribution < -0.4 is 10.1 Å². The number of hydrogen-bond acceptors (Lipinski definition) is 8. The summed E-state index contributed by atoms with van der Waals surface area (Å²) >= 11 is 1.29. The Morgan fingerprint density at radius 2 is 1.67 bits per heavy atom. The van der Waals surface area contributed by atoms with E-state index in [1.807, 2.05) is 33.8 Å². The summed E-state index contributed by atoms with van der Waals surface area (Å²) in [6.45, 7) is 8.95. The Balaban J connectivity index is 2.28. The molecule has 7 nitrogen and oxygen atoms in total. The topological polar surface area (TPSA) is 85.7 Å². The van der Waals surface area contributed by atoms with E-state index in [0.717, 1.165) is 17.9 Å². The van der Waals surface area contributed by atoms with E-state index in [0.29, 0.717) is 28.9 Å². The molecule has 0 unspecified atom stereocenters. The monoisotopic (exact) mass is 306 g/mol. The van der Waals surface area contributed by atoms with Gasteiger partial charge in [-0.3, -0.25) is 0 Å². The summed E-state index contributed by atoms with van der Waals surface area (Å²) in [7, 11) is 0. The Bertz CT molecular complexity index is 577. The summed E-state index contributed by atoms with van der Waals surface area (Å²) in [4.78, 5) is 21.5. The quantitative estimate of drug-likeness (QED) is 0.813. The van der Waals surface area contributed by atoms with E-state index in [1.54, 1.807) is 0 Å². The van der Waals surface area contributed by atoms with Gasteiger partial charge in [-0.25, -0.2) is 9.97 Å². The Labute approximate surface area is 128 Å². The molecule has 0 aliphatic carbocycles. The fourth-order valence-electron chi connectivity index (χ4n) is 1.64. The minimum Gasteiger partial charge on any atom is -0.464 e. The molecule has 0 aromatic carbocycles. The van der Waals surface area contributed by atoms with Crippen molar-refractivity contribution in [3.8, 4) is 6.01 Å². The van der Waals surface area contributed by atoms with E-state index in [2.05, 4.69) is 30.2 Å². The molecule has 0 spiro atoms. The first-order valence-electron chi connectivity index (χ1n) is 6.73. The molecular weight excluding hydrogens is 288 g/mol. The second-order valence-electron chi connectivity index (χ2n) is 4.22. The molecule has 112 valence electrons. The molecule has 8 heteroatoms. The number of nitrogens with zero attached hydrogens (tertiary/aromatic N) is 5. The van der Waals surface area contributed by atoms with Crippen LogP contribution in [-0.2, 0) is 0 Å². The summed E-state index contributed by atoms with van der Waals surface area (Å²) in [5.41, 5.74) is 1.83. The first kappa shape index (κ1) is 15.4. The Morgan fingerprint density at radius 1 is 1.00 bits per heavy atom. The van der Waals surface area contributed by atoms with Gasteiger partial charge < -0.3 is 10.1 Å². The predicted molar refractivity (Wildman–Crippen MR) is 80.8 cm³/mol. The SMILES string of the molecule is CCNc1nc(OCC)nc(Sc2nc(C)cc(C)n2)n1. The van der Waals surface area contributed by atoms with Crippen molar-refractivity contribution in [1.82, 2.24) is 24.9 Å². The van der Waals surface area contributed by atoms with Crippen LogP contribution in [0.25, 0.3) is 0 Å². The molecule has 2 aromatic rings. The van der Waals surface area contributed by atoms with Crippen molar-refractivity contribution in [2.45, 2.75) is 38.0 Å². The minimum atomic E-state index is 0.301. The molecule has 0 radical (unpaired) electrons. The summed E-state index contributed by atoms with van der Waals surface area (Å²) in [6.07, 6.45) is 0. The Morgan fingerprint density at radius 3 is 2.29 bits per heavy atom. The molecule has 0 amide bonds. The van der Waals surface area contributed by atoms with Gasteiger partial charge in [0.15, 0.2) is 5.16 Å². The van der Waals surface area contributed by atoms with E-state index in [9.17, 15) is 0 Å². The Hall–Kier alpha value is -1.96. The van der Waals surface area contributed by atoms with Gasteiger partial charge in [-0.2, -0.15) is 15.0 Å². The zero-order valence-electron chi connectivity index (χ0n) is 12.5. The zero-order chi connectivity index (χ0) is 15.2. The number of ether oxygens (including phenoxy) is 1. The number of rotatable bonds is 6. The van der Waals surface area contributed by atoms with Crippen LogP contribution in [0.3, 0.4) is 0 Å². The maximum Gasteiger partial charge on any atom is 0.322 e. The molecule has 21 heavy (non-hydrogen) atoms. The smallest absolute Gasteiger partial charge is 0.322 e. The maximum atomic E-state index is 5.36. The van der Waals surface area contributed by atoms with Crippen molar-refractivity contribution in [2.75, 3.05) is 18.5 Å². The third kappa shape index (κ3) is 4.52. The molecule has 2 heterocycles. The first-order valence-corrected chi connectivity index (χ1v) is 7.55. The highest BCUT2D eigenvalue weighted by atomic mass is 32.2. The summed E-state index contributed by atoms with van der Waals surface area (Å²) in [5, 5.41) is 4.18. The molecule has 0 saturated carbocycles. The molecule has 0 atom stereocenters. The van der Waals surface area contributed by atoms with Crippen LogP contribution in [0.2, 0.25) is 0 Å². The standard InChI is InChI=1S/C13H18N6OS/c1-5-14-10-17-11(20-6-2)19-13(18-10)21-12-15-8(3)7-9(4)16-12/h7H,5-6H2,1-4H3,(H,14,17,18,19). The van der Waals surface area contributed by atoms with Gasteiger partial charge in [0.1, 0.15) is 0 Å².